The van der Waals surface area contributed by atoms with Crippen molar-refractivity contribution in [3.05, 3.63) is 35.4 Å². The van der Waals surface area contributed by atoms with Gasteiger partial charge in [-0.25, -0.2) is 0 Å². The third kappa shape index (κ3) is 4.10. The molecule has 3 heteroatoms. The fourth-order valence-electron chi connectivity index (χ4n) is 3.95. The second-order valence-electron chi connectivity index (χ2n) is 6.84. The van der Waals surface area contributed by atoms with Crippen LogP contribution in [0.15, 0.2) is 24.3 Å². The number of carbonyl (C=O) groups excluding carboxylic acids is 1. The molecule has 0 radical (unpaired) electrons. The van der Waals surface area contributed by atoms with Crippen LogP contribution in [0.2, 0.25) is 0 Å². The molecule has 1 amide bonds. The van der Waals surface area contributed by atoms with Gasteiger partial charge in [0.25, 0.3) is 0 Å². The number of amides is 1. The number of piperidine rings is 1. The Hall–Kier alpha value is -1.35. The van der Waals surface area contributed by atoms with Crippen LogP contribution in [0.5, 0.6) is 0 Å². The first-order valence-corrected chi connectivity index (χ1v) is 8.88. The normalized spacial score (nSPS) is 24.5. The minimum atomic E-state index is 0.227. The second-order valence-corrected chi connectivity index (χ2v) is 6.84. The van der Waals surface area contributed by atoms with Gasteiger partial charge in [0.15, 0.2) is 0 Å². The molecule has 0 aromatic heterocycles. The van der Waals surface area contributed by atoms with Gasteiger partial charge < -0.3 is 10.6 Å². The van der Waals surface area contributed by atoms with Gasteiger partial charge in [-0.1, -0.05) is 24.3 Å². The van der Waals surface area contributed by atoms with E-state index in [9.17, 15) is 4.79 Å². The topological polar surface area (TPSA) is 41.1 Å². The van der Waals surface area contributed by atoms with Crippen LogP contribution in [0.25, 0.3) is 0 Å². The lowest BCUT2D eigenvalue weighted by Crippen LogP contribution is -2.33. The van der Waals surface area contributed by atoms with Crippen LogP contribution in [0, 0.1) is 5.92 Å². The van der Waals surface area contributed by atoms with Gasteiger partial charge in [0.05, 0.1) is 0 Å². The lowest BCUT2D eigenvalue weighted by molar-refractivity contribution is -0.121. The van der Waals surface area contributed by atoms with Crippen molar-refractivity contribution in [2.75, 3.05) is 19.6 Å². The van der Waals surface area contributed by atoms with E-state index in [-0.39, 0.29) is 5.91 Å². The summed E-state index contributed by atoms with van der Waals surface area (Å²) >= 11 is 0. The molecule has 1 aromatic carbocycles. The first kappa shape index (κ1) is 15.5. The molecule has 1 aliphatic heterocycles. The standard InChI is InChI=1S/C19H28N2O/c22-19(21-12-10-15-5-4-11-20-14-15)13-17-8-3-7-16-6-1-2-9-18(16)17/h1-2,6,9,15,17,20H,3-5,7-8,10-14H2,(H,21,22). The summed E-state index contributed by atoms with van der Waals surface area (Å²) in [5, 5.41) is 6.58. The predicted octanol–water partition coefficient (Wildman–Crippen LogP) is 3.00. The van der Waals surface area contributed by atoms with Crippen molar-refractivity contribution in [2.45, 2.75) is 50.9 Å². The van der Waals surface area contributed by atoms with E-state index in [0.717, 1.165) is 38.4 Å². The average molecular weight is 300 g/mol. The molecule has 120 valence electrons. The Morgan fingerprint density at radius 3 is 3.00 bits per heavy atom. The van der Waals surface area contributed by atoms with Crippen molar-refractivity contribution in [1.82, 2.24) is 10.6 Å². The van der Waals surface area contributed by atoms with Gasteiger partial charge in [-0.3, -0.25) is 4.79 Å². The van der Waals surface area contributed by atoms with Crippen LogP contribution in [-0.4, -0.2) is 25.5 Å². The first-order chi connectivity index (χ1) is 10.8. The van der Waals surface area contributed by atoms with Crippen LogP contribution in [0.4, 0.5) is 0 Å². The summed E-state index contributed by atoms with van der Waals surface area (Å²) in [6.45, 7) is 3.11. The molecule has 2 unspecified atom stereocenters. The molecule has 22 heavy (non-hydrogen) atoms. The zero-order valence-electron chi connectivity index (χ0n) is 13.4. The fraction of sp³-hybridized carbons (Fsp3) is 0.632. The van der Waals surface area contributed by atoms with Crippen LogP contribution < -0.4 is 10.6 Å². The number of fused-ring (bicyclic) bond motifs is 1. The van der Waals surface area contributed by atoms with Crippen molar-refractivity contribution < 1.29 is 4.79 Å². The molecule has 0 bridgehead atoms. The van der Waals surface area contributed by atoms with Crippen LogP contribution >= 0.6 is 0 Å². The Morgan fingerprint density at radius 1 is 1.23 bits per heavy atom. The molecule has 3 nitrogen and oxygen atoms in total. The largest absolute Gasteiger partial charge is 0.356 e. The summed E-state index contributed by atoms with van der Waals surface area (Å²) in [4.78, 5) is 12.2. The molecule has 2 aliphatic rings. The summed E-state index contributed by atoms with van der Waals surface area (Å²) in [7, 11) is 0. The number of aryl methyl sites for hydroxylation is 1. The van der Waals surface area contributed by atoms with E-state index in [1.54, 1.807) is 0 Å². The van der Waals surface area contributed by atoms with E-state index in [1.165, 1.54) is 36.8 Å². The van der Waals surface area contributed by atoms with Crippen molar-refractivity contribution in [1.29, 1.82) is 0 Å². The number of hydrogen-bond donors (Lipinski definition) is 2. The summed E-state index contributed by atoms with van der Waals surface area (Å²) in [6, 6.07) is 8.64. The van der Waals surface area contributed by atoms with E-state index in [2.05, 4.69) is 34.9 Å². The van der Waals surface area contributed by atoms with Crippen molar-refractivity contribution in [3.8, 4) is 0 Å². The molecule has 2 N–H and O–H groups in total. The second kappa shape index (κ2) is 7.77. The van der Waals surface area contributed by atoms with Gasteiger partial charge in [0, 0.05) is 13.0 Å². The molecular weight excluding hydrogens is 272 g/mol. The van der Waals surface area contributed by atoms with Crippen LogP contribution in [0.1, 0.15) is 55.6 Å². The number of nitrogens with one attached hydrogen (secondary N) is 2. The summed E-state index contributed by atoms with van der Waals surface area (Å²) in [6.07, 6.45) is 7.87. The zero-order chi connectivity index (χ0) is 15.2. The average Bonchev–Trinajstić information content (AvgIpc) is 2.56. The van der Waals surface area contributed by atoms with E-state index >= 15 is 0 Å². The van der Waals surface area contributed by atoms with E-state index in [4.69, 9.17) is 0 Å². The molecule has 0 spiro atoms. The Balaban J connectivity index is 1.44. The Morgan fingerprint density at radius 2 is 2.14 bits per heavy atom. The highest BCUT2D eigenvalue weighted by molar-refractivity contribution is 5.77. The Labute approximate surface area is 133 Å². The number of benzene rings is 1. The monoisotopic (exact) mass is 300 g/mol. The highest BCUT2D eigenvalue weighted by Gasteiger charge is 2.22. The number of rotatable bonds is 5. The molecular formula is C19H28N2O. The zero-order valence-corrected chi connectivity index (χ0v) is 13.4. The molecule has 1 heterocycles. The minimum absolute atomic E-state index is 0.227. The van der Waals surface area contributed by atoms with E-state index in [0.29, 0.717) is 12.3 Å². The van der Waals surface area contributed by atoms with E-state index in [1.807, 2.05) is 0 Å². The first-order valence-electron chi connectivity index (χ1n) is 8.88. The van der Waals surface area contributed by atoms with Crippen LogP contribution in [-0.2, 0) is 11.2 Å². The molecule has 1 aliphatic carbocycles. The molecule has 2 atom stereocenters. The Kier molecular flexibility index (Phi) is 5.49. The third-order valence-corrected chi connectivity index (χ3v) is 5.20. The summed E-state index contributed by atoms with van der Waals surface area (Å²) in [5.74, 6) is 1.39. The van der Waals surface area contributed by atoms with Gasteiger partial charge in [0.1, 0.15) is 0 Å². The minimum Gasteiger partial charge on any atom is -0.356 e. The maximum atomic E-state index is 12.2. The lowest BCUT2D eigenvalue weighted by Gasteiger charge is -2.25. The van der Waals surface area contributed by atoms with Gasteiger partial charge >= 0.3 is 0 Å². The number of hydrogen-bond acceptors (Lipinski definition) is 2. The maximum Gasteiger partial charge on any atom is 0.220 e. The summed E-state index contributed by atoms with van der Waals surface area (Å²) < 4.78 is 0. The van der Waals surface area contributed by atoms with Gasteiger partial charge in [-0.2, -0.15) is 0 Å². The lowest BCUT2D eigenvalue weighted by atomic mass is 9.81. The van der Waals surface area contributed by atoms with Crippen molar-refractivity contribution >= 4 is 5.91 Å². The van der Waals surface area contributed by atoms with Gasteiger partial charge in [-0.15, -0.1) is 0 Å². The fourth-order valence-corrected chi connectivity index (χ4v) is 3.95. The molecule has 1 fully saturated rings. The van der Waals surface area contributed by atoms with Crippen molar-refractivity contribution in [3.63, 3.8) is 0 Å². The van der Waals surface area contributed by atoms with Crippen LogP contribution in [0.3, 0.4) is 0 Å². The molecule has 0 saturated carbocycles. The van der Waals surface area contributed by atoms with Gasteiger partial charge in [-0.05, 0) is 74.6 Å². The van der Waals surface area contributed by atoms with Gasteiger partial charge in [0.2, 0.25) is 5.91 Å². The quantitative estimate of drug-likeness (QED) is 0.877. The molecule has 1 aromatic rings. The maximum absolute atomic E-state index is 12.2. The highest BCUT2D eigenvalue weighted by Crippen LogP contribution is 2.33. The van der Waals surface area contributed by atoms with Crippen molar-refractivity contribution in [2.24, 2.45) is 5.92 Å². The Bertz CT molecular complexity index is 494. The molecule has 3 rings (SSSR count). The predicted molar refractivity (Wildman–Crippen MR) is 90.0 cm³/mol. The SMILES string of the molecule is O=C(CC1CCCc2ccccc21)NCCC1CCCNC1. The smallest absolute Gasteiger partial charge is 0.220 e. The highest BCUT2D eigenvalue weighted by atomic mass is 16.1. The third-order valence-electron chi connectivity index (χ3n) is 5.20. The number of carbonyl (C=O) groups is 1. The summed E-state index contributed by atoms with van der Waals surface area (Å²) in [5.41, 5.74) is 2.85. The molecule has 1 saturated heterocycles. The van der Waals surface area contributed by atoms with E-state index < -0.39 is 0 Å².